The summed E-state index contributed by atoms with van der Waals surface area (Å²) in [6.07, 6.45) is -4.35. The first-order valence-corrected chi connectivity index (χ1v) is 7.10. The molecule has 2 aromatic rings. The van der Waals surface area contributed by atoms with Crippen molar-refractivity contribution < 1.29 is 22.6 Å². The lowest BCUT2D eigenvalue weighted by Gasteiger charge is -2.04. The molecule has 4 nitrogen and oxygen atoms in total. The largest absolute Gasteiger partial charge is 0.416 e. The number of nitrogens with one attached hydrogen (secondary N) is 1. The van der Waals surface area contributed by atoms with E-state index in [2.05, 4.69) is 10.3 Å². The Hall–Kier alpha value is -1.38. The van der Waals surface area contributed by atoms with Crippen LogP contribution in [0.5, 0.6) is 0 Å². The molecule has 8 heteroatoms. The predicted molar refractivity (Wildman–Crippen MR) is 75.8 cm³/mol. The Morgan fingerprint density at radius 1 is 1.24 bits per heavy atom. The number of rotatable bonds is 7. The van der Waals surface area contributed by atoms with E-state index in [-0.39, 0.29) is 0 Å². The third kappa shape index (κ3) is 4.55. The molecule has 1 N–H and O–H groups in total. The molecule has 1 aromatic heterocycles. The van der Waals surface area contributed by atoms with E-state index in [0.717, 1.165) is 12.1 Å². The zero-order valence-electron chi connectivity index (χ0n) is 11.4. The van der Waals surface area contributed by atoms with Crippen LogP contribution in [0.2, 0.25) is 0 Å². The van der Waals surface area contributed by atoms with Gasteiger partial charge in [-0.1, -0.05) is 11.3 Å². The average molecular weight is 320 g/mol. The topological polar surface area (TPSA) is 43.4 Å². The highest BCUT2D eigenvalue weighted by Crippen LogP contribution is 2.33. The van der Waals surface area contributed by atoms with Crippen LogP contribution in [0.3, 0.4) is 0 Å². The molecule has 0 amide bonds. The summed E-state index contributed by atoms with van der Waals surface area (Å²) in [7, 11) is 1.60. The number of hydrogen-bond donors (Lipinski definition) is 1. The minimum atomic E-state index is -4.35. The number of ether oxygens (including phenoxy) is 2. The fraction of sp³-hybridized carbons (Fsp3) is 0.462. The van der Waals surface area contributed by atoms with Gasteiger partial charge in [0, 0.05) is 13.7 Å². The smallest absolute Gasteiger partial charge is 0.382 e. The van der Waals surface area contributed by atoms with Gasteiger partial charge in [0.2, 0.25) is 0 Å². The van der Waals surface area contributed by atoms with Crippen molar-refractivity contribution in [3.63, 3.8) is 0 Å². The second-order valence-corrected chi connectivity index (χ2v) is 5.26. The zero-order chi connectivity index (χ0) is 15.3. The van der Waals surface area contributed by atoms with Crippen molar-refractivity contribution in [2.45, 2.75) is 6.18 Å². The molecule has 21 heavy (non-hydrogen) atoms. The number of hydrogen-bond acceptors (Lipinski definition) is 5. The Balaban J connectivity index is 1.93. The molecule has 0 radical (unpaired) electrons. The number of anilines is 1. The standard InChI is InChI=1S/C13H15F3N2O2S/c1-19-6-7-20-5-4-17-12-18-10-8-9(13(14,15)16)2-3-11(10)21-12/h2-3,8H,4-7H2,1H3,(H,17,18). The van der Waals surface area contributed by atoms with E-state index >= 15 is 0 Å². The molecular weight excluding hydrogens is 305 g/mol. The number of alkyl halides is 3. The number of thiazole rings is 1. The molecule has 1 aromatic carbocycles. The van der Waals surface area contributed by atoms with Crippen LogP contribution in [0.1, 0.15) is 5.56 Å². The predicted octanol–water partition coefficient (Wildman–Crippen LogP) is 3.39. The number of halogens is 3. The molecule has 0 unspecified atom stereocenters. The van der Waals surface area contributed by atoms with Gasteiger partial charge in [-0.3, -0.25) is 0 Å². The van der Waals surface area contributed by atoms with Gasteiger partial charge in [-0.2, -0.15) is 13.2 Å². The average Bonchev–Trinajstić information content (AvgIpc) is 2.83. The number of aromatic nitrogens is 1. The van der Waals surface area contributed by atoms with Gasteiger partial charge < -0.3 is 14.8 Å². The Kier molecular flexibility index (Phi) is 5.38. The fourth-order valence-electron chi connectivity index (χ4n) is 1.65. The van der Waals surface area contributed by atoms with E-state index in [1.165, 1.54) is 17.4 Å². The summed E-state index contributed by atoms with van der Waals surface area (Å²) >= 11 is 1.32. The van der Waals surface area contributed by atoms with Crippen molar-refractivity contribution in [1.29, 1.82) is 0 Å². The summed E-state index contributed by atoms with van der Waals surface area (Å²) in [6, 6.07) is 3.57. The molecule has 0 spiro atoms. The van der Waals surface area contributed by atoms with Crippen LogP contribution in [0.4, 0.5) is 18.3 Å². The number of benzene rings is 1. The highest BCUT2D eigenvalue weighted by atomic mass is 32.1. The van der Waals surface area contributed by atoms with Crippen molar-refractivity contribution >= 4 is 26.7 Å². The second-order valence-electron chi connectivity index (χ2n) is 4.23. The lowest BCUT2D eigenvalue weighted by atomic mass is 10.2. The number of methoxy groups -OCH3 is 1. The molecule has 0 saturated heterocycles. The van der Waals surface area contributed by atoms with Crippen LogP contribution < -0.4 is 5.32 Å². The summed E-state index contributed by atoms with van der Waals surface area (Å²) in [6.45, 7) is 2.05. The van der Waals surface area contributed by atoms with Gasteiger partial charge in [-0.15, -0.1) is 0 Å². The van der Waals surface area contributed by atoms with Crippen molar-refractivity contribution in [2.75, 3.05) is 38.8 Å². The highest BCUT2D eigenvalue weighted by molar-refractivity contribution is 7.22. The molecule has 1 heterocycles. The molecule has 0 atom stereocenters. The number of nitrogens with zero attached hydrogens (tertiary/aromatic N) is 1. The van der Waals surface area contributed by atoms with Crippen molar-refractivity contribution in [3.8, 4) is 0 Å². The molecule has 0 aliphatic carbocycles. The Morgan fingerprint density at radius 2 is 2.05 bits per heavy atom. The summed E-state index contributed by atoms with van der Waals surface area (Å²) in [5.74, 6) is 0. The van der Waals surface area contributed by atoms with Gasteiger partial charge in [0.15, 0.2) is 5.13 Å². The third-order valence-electron chi connectivity index (χ3n) is 2.67. The molecule has 0 saturated carbocycles. The quantitative estimate of drug-likeness (QED) is 0.794. The fourth-order valence-corrected chi connectivity index (χ4v) is 2.53. The van der Waals surface area contributed by atoms with Crippen molar-refractivity contribution in [1.82, 2.24) is 4.98 Å². The maximum atomic E-state index is 12.6. The molecule has 0 aliphatic rings. The van der Waals surface area contributed by atoms with Crippen LogP contribution in [0.25, 0.3) is 10.2 Å². The first-order valence-electron chi connectivity index (χ1n) is 6.29. The van der Waals surface area contributed by atoms with E-state index in [9.17, 15) is 13.2 Å². The molecule has 116 valence electrons. The van der Waals surface area contributed by atoms with Crippen LogP contribution in [-0.2, 0) is 15.7 Å². The SMILES string of the molecule is COCCOCCNc1nc2cc(C(F)(F)F)ccc2s1. The molecule has 0 bridgehead atoms. The lowest BCUT2D eigenvalue weighted by molar-refractivity contribution is -0.137. The minimum Gasteiger partial charge on any atom is -0.382 e. The first-order chi connectivity index (χ1) is 10.0. The zero-order valence-corrected chi connectivity index (χ0v) is 12.2. The molecule has 2 rings (SSSR count). The number of fused-ring (bicyclic) bond motifs is 1. The van der Waals surface area contributed by atoms with Gasteiger partial charge >= 0.3 is 6.18 Å². The normalized spacial score (nSPS) is 12.0. The Bertz CT molecular complexity index is 586. The summed E-state index contributed by atoms with van der Waals surface area (Å²) in [5, 5.41) is 3.61. The third-order valence-corrected chi connectivity index (χ3v) is 3.66. The van der Waals surface area contributed by atoms with Crippen molar-refractivity contribution in [3.05, 3.63) is 23.8 Å². The van der Waals surface area contributed by atoms with E-state index in [4.69, 9.17) is 9.47 Å². The van der Waals surface area contributed by atoms with E-state index in [1.54, 1.807) is 7.11 Å². The van der Waals surface area contributed by atoms with Crippen LogP contribution in [0, 0.1) is 0 Å². The van der Waals surface area contributed by atoms with Gasteiger partial charge in [-0.05, 0) is 18.2 Å². The Labute approximate surface area is 123 Å². The highest BCUT2D eigenvalue weighted by Gasteiger charge is 2.30. The van der Waals surface area contributed by atoms with E-state index < -0.39 is 11.7 Å². The van der Waals surface area contributed by atoms with Gasteiger partial charge in [0.05, 0.1) is 35.6 Å². The van der Waals surface area contributed by atoms with Gasteiger partial charge in [-0.25, -0.2) is 4.98 Å². The van der Waals surface area contributed by atoms with Crippen LogP contribution >= 0.6 is 11.3 Å². The summed E-state index contributed by atoms with van der Waals surface area (Å²) in [4.78, 5) is 4.15. The van der Waals surface area contributed by atoms with Crippen LogP contribution in [-0.4, -0.2) is 38.5 Å². The van der Waals surface area contributed by atoms with E-state index in [0.29, 0.717) is 41.7 Å². The first kappa shape index (κ1) is 16.0. The molecular formula is C13H15F3N2O2S. The summed E-state index contributed by atoms with van der Waals surface area (Å²) in [5.41, 5.74) is -0.340. The van der Waals surface area contributed by atoms with E-state index in [1.807, 2.05) is 0 Å². The van der Waals surface area contributed by atoms with Gasteiger partial charge in [0.25, 0.3) is 0 Å². The molecule has 0 fully saturated rings. The second kappa shape index (κ2) is 7.06. The maximum Gasteiger partial charge on any atom is 0.416 e. The summed E-state index contributed by atoms with van der Waals surface area (Å²) < 4.78 is 48.6. The van der Waals surface area contributed by atoms with Gasteiger partial charge in [0.1, 0.15) is 0 Å². The lowest BCUT2D eigenvalue weighted by Crippen LogP contribution is -2.11. The molecule has 0 aliphatic heterocycles. The Morgan fingerprint density at radius 3 is 2.76 bits per heavy atom. The van der Waals surface area contributed by atoms with Crippen molar-refractivity contribution in [2.24, 2.45) is 0 Å². The maximum absolute atomic E-state index is 12.6. The van der Waals surface area contributed by atoms with Crippen LogP contribution in [0.15, 0.2) is 18.2 Å². The monoisotopic (exact) mass is 320 g/mol. The minimum absolute atomic E-state index is 0.345.